The van der Waals surface area contributed by atoms with Crippen LogP contribution in [0.2, 0.25) is 0 Å². The molecular weight excluding hydrogens is 280 g/mol. The van der Waals surface area contributed by atoms with Gasteiger partial charge in [0.05, 0.1) is 4.92 Å². The van der Waals surface area contributed by atoms with Gasteiger partial charge < -0.3 is 10.7 Å². The molecule has 8 heteroatoms. The molecule has 0 saturated carbocycles. The normalized spacial score (nSPS) is 11.8. The van der Waals surface area contributed by atoms with Crippen molar-refractivity contribution in [2.24, 2.45) is 5.84 Å². The first-order chi connectivity index (χ1) is 9.54. The number of para-hydroxylation sites is 1. The molecule has 0 aliphatic rings. The number of carbonyl (C=O) groups is 1. The van der Waals surface area contributed by atoms with E-state index in [1.165, 1.54) is 12.1 Å². The monoisotopic (exact) mass is 298 g/mol. The molecule has 0 fully saturated rings. The van der Waals surface area contributed by atoms with E-state index in [-0.39, 0.29) is 23.0 Å². The Morgan fingerprint density at radius 1 is 1.55 bits per heavy atom. The molecule has 0 aromatic heterocycles. The van der Waals surface area contributed by atoms with Crippen molar-refractivity contribution in [1.82, 2.24) is 5.32 Å². The zero-order valence-electron chi connectivity index (χ0n) is 11.4. The summed E-state index contributed by atoms with van der Waals surface area (Å²) in [6.07, 6.45) is 2.70. The molecule has 0 saturated heterocycles. The average Bonchev–Trinajstić information content (AvgIpc) is 2.45. The molecule has 1 amide bonds. The van der Waals surface area contributed by atoms with Gasteiger partial charge in [0.1, 0.15) is 11.3 Å². The maximum atomic E-state index is 12.2. The van der Waals surface area contributed by atoms with E-state index >= 15 is 0 Å². The standard InChI is InChI=1S/C12H18N4O3S/c1-3-8(7-20-2)14-12(17)9-5-4-6-10(15-13)11(9)16(18)19/h4-6,8,15H,3,7,13H2,1-2H3,(H,14,17). The summed E-state index contributed by atoms with van der Waals surface area (Å²) < 4.78 is 0. The third-order valence-electron chi connectivity index (χ3n) is 2.81. The number of amides is 1. The fourth-order valence-electron chi connectivity index (χ4n) is 1.77. The Hall–Kier alpha value is -1.80. The topological polar surface area (TPSA) is 110 Å². The van der Waals surface area contributed by atoms with Crippen molar-refractivity contribution in [3.8, 4) is 0 Å². The second kappa shape index (κ2) is 7.71. The average molecular weight is 298 g/mol. The number of nitro benzene ring substituents is 1. The highest BCUT2D eigenvalue weighted by Crippen LogP contribution is 2.27. The lowest BCUT2D eigenvalue weighted by molar-refractivity contribution is -0.384. The lowest BCUT2D eigenvalue weighted by Crippen LogP contribution is -2.36. The van der Waals surface area contributed by atoms with E-state index in [1.807, 2.05) is 13.2 Å². The largest absolute Gasteiger partial charge is 0.348 e. The summed E-state index contributed by atoms with van der Waals surface area (Å²) in [6.45, 7) is 1.95. The number of nitrogen functional groups attached to an aromatic ring is 1. The molecule has 0 spiro atoms. The van der Waals surface area contributed by atoms with Crippen LogP contribution >= 0.6 is 11.8 Å². The first-order valence-electron chi connectivity index (χ1n) is 6.08. The highest BCUT2D eigenvalue weighted by Gasteiger charge is 2.25. The van der Waals surface area contributed by atoms with Crippen LogP contribution in [0, 0.1) is 10.1 Å². The van der Waals surface area contributed by atoms with E-state index in [0.29, 0.717) is 0 Å². The summed E-state index contributed by atoms with van der Waals surface area (Å²) >= 11 is 1.61. The number of rotatable bonds is 7. The first kappa shape index (κ1) is 16.3. The predicted molar refractivity (Wildman–Crippen MR) is 80.8 cm³/mol. The number of hydrogen-bond acceptors (Lipinski definition) is 6. The molecule has 0 aliphatic carbocycles. The van der Waals surface area contributed by atoms with Gasteiger partial charge in [-0.05, 0) is 24.8 Å². The van der Waals surface area contributed by atoms with Crippen LogP contribution in [0.1, 0.15) is 23.7 Å². The summed E-state index contributed by atoms with van der Waals surface area (Å²) in [7, 11) is 0. The Morgan fingerprint density at radius 3 is 2.75 bits per heavy atom. The number of nitro groups is 1. The molecule has 110 valence electrons. The van der Waals surface area contributed by atoms with Crippen LogP contribution < -0.4 is 16.6 Å². The van der Waals surface area contributed by atoms with E-state index in [9.17, 15) is 14.9 Å². The molecule has 0 bridgehead atoms. The Kier molecular flexibility index (Phi) is 6.26. The Morgan fingerprint density at radius 2 is 2.25 bits per heavy atom. The van der Waals surface area contributed by atoms with Gasteiger partial charge in [-0.25, -0.2) is 0 Å². The van der Waals surface area contributed by atoms with Crippen LogP contribution in [-0.2, 0) is 0 Å². The second-order valence-electron chi connectivity index (χ2n) is 4.14. The molecule has 0 aliphatic heterocycles. The maximum Gasteiger partial charge on any atom is 0.306 e. The van der Waals surface area contributed by atoms with Crippen LogP contribution in [0.25, 0.3) is 0 Å². The van der Waals surface area contributed by atoms with Gasteiger partial charge in [-0.3, -0.25) is 20.8 Å². The van der Waals surface area contributed by atoms with Crippen molar-refractivity contribution >= 4 is 29.0 Å². The van der Waals surface area contributed by atoms with Crippen molar-refractivity contribution in [1.29, 1.82) is 0 Å². The van der Waals surface area contributed by atoms with Crippen molar-refractivity contribution < 1.29 is 9.72 Å². The third-order valence-corrected chi connectivity index (χ3v) is 3.55. The predicted octanol–water partition coefficient (Wildman–Crippen LogP) is 1.75. The van der Waals surface area contributed by atoms with E-state index in [4.69, 9.17) is 5.84 Å². The van der Waals surface area contributed by atoms with Gasteiger partial charge in [0.15, 0.2) is 0 Å². The number of nitrogens with one attached hydrogen (secondary N) is 2. The van der Waals surface area contributed by atoms with Gasteiger partial charge in [0.25, 0.3) is 5.91 Å². The fourth-order valence-corrected chi connectivity index (χ4v) is 2.49. The number of anilines is 1. The highest BCUT2D eigenvalue weighted by molar-refractivity contribution is 7.98. The number of nitrogens with two attached hydrogens (primary N) is 1. The molecule has 0 heterocycles. The Labute approximate surface area is 121 Å². The quantitative estimate of drug-likeness (QED) is 0.402. The van der Waals surface area contributed by atoms with Gasteiger partial charge in [0, 0.05) is 11.8 Å². The lowest BCUT2D eigenvalue weighted by Gasteiger charge is -2.16. The van der Waals surface area contributed by atoms with E-state index in [1.54, 1.807) is 17.8 Å². The summed E-state index contributed by atoms with van der Waals surface area (Å²) in [6, 6.07) is 4.40. The minimum atomic E-state index is -0.611. The number of hydrazine groups is 1. The molecule has 7 nitrogen and oxygen atoms in total. The molecular formula is C12H18N4O3S. The number of hydrogen-bond donors (Lipinski definition) is 3. The Bertz CT molecular complexity index is 496. The molecule has 1 aromatic rings. The molecule has 20 heavy (non-hydrogen) atoms. The summed E-state index contributed by atoms with van der Waals surface area (Å²) in [5.41, 5.74) is 2.04. The summed E-state index contributed by atoms with van der Waals surface area (Å²) in [5.74, 6) is 5.53. The number of carbonyl (C=O) groups excluding carboxylic acids is 1. The summed E-state index contributed by atoms with van der Waals surface area (Å²) in [5, 5.41) is 13.9. The SMILES string of the molecule is CCC(CSC)NC(=O)c1cccc(NN)c1[N+](=O)[O-]. The first-order valence-corrected chi connectivity index (χ1v) is 7.48. The molecule has 0 radical (unpaired) electrons. The van der Waals surface area contributed by atoms with Crippen LogP contribution in [0.5, 0.6) is 0 Å². The van der Waals surface area contributed by atoms with E-state index in [0.717, 1.165) is 12.2 Å². The van der Waals surface area contributed by atoms with Crippen LogP contribution in [0.3, 0.4) is 0 Å². The van der Waals surface area contributed by atoms with Crippen molar-refractivity contribution in [2.75, 3.05) is 17.4 Å². The molecule has 4 N–H and O–H groups in total. The second-order valence-corrected chi connectivity index (χ2v) is 5.05. The van der Waals surface area contributed by atoms with Gasteiger partial charge in [-0.2, -0.15) is 11.8 Å². The van der Waals surface area contributed by atoms with Crippen LogP contribution in [0.4, 0.5) is 11.4 Å². The zero-order chi connectivity index (χ0) is 15.1. The third kappa shape index (κ3) is 3.84. The summed E-state index contributed by atoms with van der Waals surface area (Å²) in [4.78, 5) is 22.7. The number of nitrogens with zero attached hydrogens (tertiary/aromatic N) is 1. The minimum absolute atomic E-state index is 0.00463. The van der Waals surface area contributed by atoms with Gasteiger partial charge in [-0.15, -0.1) is 0 Å². The minimum Gasteiger partial charge on any atom is -0.348 e. The van der Waals surface area contributed by atoms with Gasteiger partial charge in [0.2, 0.25) is 0 Å². The van der Waals surface area contributed by atoms with Crippen molar-refractivity contribution in [2.45, 2.75) is 19.4 Å². The highest BCUT2D eigenvalue weighted by atomic mass is 32.2. The zero-order valence-corrected chi connectivity index (χ0v) is 12.2. The van der Waals surface area contributed by atoms with Crippen molar-refractivity contribution in [3.05, 3.63) is 33.9 Å². The molecule has 1 aromatic carbocycles. The number of benzene rings is 1. The molecule has 1 rings (SSSR count). The van der Waals surface area contributed by atoms with E-state index in [2.05, 4.69) is 10.7 Å². The maximum absolute atomic E-state index is 12.2. The van der Waals surface area contributed by atoms with Crippen LogP contribution in [0.15, 0.2) is 18.2 Å². The van der Waals surface area contributed by atoms with Crippen molar-refractivity contribution in [3.63, 3.8) is 0 Å². The smallest absolute Gasteiger partial charge is 0.306 e. The van der Waals surface area contributed by atoms with Gasteiger partial charge in [-0.1, -0.05) is 13.0 Å². The Balaban J connectivity index is 3.06. The molecule has 1 atom stereocenters. The lowest BCUT2D eigenvalue weighted by atomic mass is 10.1. The number of thioether (sulfide) groups is 1. The van der Waals surface area contributed by atoms with E-state index < -0.39 is 10.8 Å². The van der Waals surface area contributed by atoms with Gasteiger partial charge >= 0.3 is 5.69 Å². The molecule has 1 unspecified atom stereocenters. The fraction of sp³-hybridized carbons (Fsp3) is 0.417. The van der Waals surface area contributed by atoms with Crippen LogP contribution in [-0.4, -0.2) is 28.9 Å².